The van der Waals surface area contributed by atoms with Crippen LogP contribution in [-0.2, 0) is 5.41 Å². The minimum atomic E-state index is -0.0592. The highest BCUT2D eigenvalue weighted by Crippen LogP contribution is 2.53. The van der Waals surface area contributed by atoms with Crippen molar-refractivity contribution in [1.29, 1.82) is 0 Å². The van der Waals surface area contributed by atoms with Crippen LogP contribution < -0.4 is 4.90 Å². The van der Waals surface area contributed by atoms with Gasteiger partial charge in [0.15, 0.2) is 0 Å². The smallest absolute Gasteiger partial charge is 0.0502 e. The fourth-order valence-corrected chi connectivity index (χ4v) is 7.31. The lowest BCUT2D eigenvalue weighted by molar-refractivity contribution is 0.632. The van der Waals surface area contributed by atoms with E-state index >= 15 is 0 Å². The molecule has 42 heavy (non-hydrogen) atoms. The molecule has 9 rings (SSSR count). The average molecular weight is 536 g/mol. The van der Waals surface area contributed by atoms with Gasteiger partial charge < -0.3 is 4.90 Å². The molecule has 2 aliphatic rings. The molecule has 0 aromatic heterocycles. The minimum Gasteiger partial charge on any atom is -0.310 e. The zero-order valence-corrected chi connectivity index (χ0v) is 23.7. The van der Waals surface area contributed by atoms with Gasteiger partial charge in [-0.05, 0) is 121 Å². The minimum absolute atomic E-state index is 0.0592. The van der Waals surface area contributed by atoms with Crippen molar-refractivity contribution in [3.63, 3.8) is 0 Å². The molecule has 198 valence electrons. The van der Waals surface area contributed by atoms with E-state index < -0.39 is 0 Å². The first-order valence-corrected chi connectivity index (χ1v) is 14.8. The van der Waals surface area contributed by atoms with Gasteiger partial charge in [-0.1, -0.05) is 98.8 Å². The van der Waals surface area contributed by atoms with Crippen LogP contribution in [0.3, 0.4) is 0 Å². The van der Waals surface area contributed by atoms with Gasteiger partial charge in [0, 0.05) is 11.1 Å². The van der Waals surface area contributed by atoms with Gasteiger partial charge in [0.1, 0.15) is 0 Å². The van der Waals surface area contributed by atoms with Gasteiger partial charge >= 0.3 is 0 Å². The largest absolute Gasteiger partial charge is 0.310 e. The molecule has 0 amide bonds. The van der Waals surface area contributed by atoms with Crippen molar-refractivity contribution < 1.29 is 0 Å². The Hall–Kier alpha value is -5.14. The van der Waals surface area contributed by atoms with Crippen LogP contribution in [0.5, 0.6) is 0 Å². The zero-order chi connectivity index (χ0) is 28.0. The lowest BCUT2D eigenvalue weighted by atomic mass is 9.73. The van der Waals surface area contributed by atoms with Crippen molar-refractivity contribution in [2.75, 3.05) is 4.90 Å². The summed E-state index contributed by atoms with van der Waals surface area (Å²) in [6.45, 7) is 4.68. The number of rotatable bonds is 2. The molecule has 1 aliphatic carbocycles. The number of nitrogens with zero attached hydrogens (tertiary/aromatic N) is 1. The molecule has 0 unspecified atom stereocenters. The lowest BCUT2D eigenvalue weighted by Crippen LogP contribution is -2.30. The maximum Gasteiger partial charge on any atom is 0.0502 e. The summed E-state index contributed by atoms with van der Waals surface area (Å²) in [7, 11) is 0. The summed E-state index contributed by atoms with van der Waals surface area (Å²) in [4.78, 5) is 2.45. The van der Waals surface area contributed by atoms with Crippen molar-refractivity contribution in [3.05, 3.63) is 151 Å². The molecule has 0 fully saturated rings. The van der Waals surface area contributed by atoms with Crippen LogP contribution >= 0.6 is 0 Å². The van der Waals surface area contributed by atoms with E-state index in [1.54, 1.807) is 0 Å². The average Bonchev–Trinajstić information content (AvgIpc) is 3.03. The van der Waals surface area contributed by atoms with E-state index in [-0.39, 0.29) is 5.41 Å². The van der Waals surface area contributed by atoms with Crippen LogP contribution in [0.4, 0.5) is 17.1 Å². The van der Waals surface area contributed by atoms with Crippen molar-refractivity contribution in [2.24, 2.45) is 0 Å². The Labute approximate surface area is 246 Å². The van der Waals surface area contributed by atoms with Gasteiger partial charge in [0.2, 0.25) is 0 Å². The Kier molecular flexibility index (Phi) is 4.73. The Balaban J connectivity index is 1.17. The molecule has 0 saturated carbocycles. The number of fused-ring (bicyclic) bond motifs is 8. The molecule has 1 heterocycles. The fraction of sp³-hybridized carbons (Fsp3) is 0.0732. The second kappa shape index (κ2) is 8.44. The predicted molar refractivity (Wildman–Crippen MR) is 178 cm³/mol. The molecule has 7 aromatic carbocycles. The number of benzene rings is 7. The molecule has 0 saturated heterocycles. The first-order chi connectivity index (χ1) is 20.6. The normalized spacial score (nSPS) is 14.1. The van der Waals surface area contributed by atoms with Crippen LogP contribution in [0, 0.1) is 0 Å². The third-order valence-electron chi connectivity index (χ3n) is 9.52. The molecular weight excluding hydrogens is 506 g/mol. The molecule has 0 atom stereocenters. The topological polar surface area (TPSA) is 3.24 Å². The van der Waals surface area contributed by atoms with Gasteiger partial charge in [0.05, 0.1) is 11.4 Å². The fourth-order valence-electron chi connectivity index (χ4n) is 7.31. The summed E-state index contributed by atoms with van der Waals surface area (Å²) in [6.07, 6.45) is 0. The van der Waals surface area contributed by atoms with Crippen molar-refractivity contribution in [1.82, 2.24) is 0 Å². The molecular formula is C41H29N. The van der Waals surface area contributed by atoms with Crippen LogP contribution in [-0.4, -0.2) is 0 Å². The van der Waals surface area contributed by atoms with Gasteiger partial charge in [0.25, 0.3) is 0 Å². The third kappa shape index (κ3) is 3.25. The Morgan fingerprint density at radius 3 is 1.52 bits per heavy atom. The van der Waals surface area contributed by atoms with Gasteiger partial charge in [-0.25, -0.2) is 0 Å². The maximum absolute atomic E-state index is 2.45. The Bertz CT molecular complexity index is 2170. The van der Waals surface area contributed by atoms with E-state index in [9.17, 15) is 0 Å². The first-order valence-electron chi connectivity index (χ1n) is 14.8. The maximum atomic E-state index is 2.45. The summed E-state index contributed by atoms with van der Waals surface area (Å²) < 4.78 is 0. The van der Waals surface area contributed by atoms with E-state index in [1.807, 2.05) is 0 Å². The lowest BCUT2D eigenvalue weighted by Gasteiger charge is -2.42. The number of para-hydroxylation sites is 2. The summed E-state index contributed by atoms with van der Waals surface area (Å²) in [6, 6.07) is 51.7. The molecule has 1 aliphatic heterocycles. The SMILES string of the molecule is CC1(C)c2ccccc2N(c2ccc3cc4c(cc3c2)-c2cc3cc(-c5ccccc5)ccc3cc2-4)c2ccccc21. The summed E-state index contributed by atoms with van der Waals surface area (Å²) in [5, 5.41) is 5.13. The Morgan fingerprint density at radius 1 is 0.405 bits per heavy atom. The molecule has 7 aromatic rings. The van der Waals surface area contributed by atoms with Crippen molar-refractivity contribution in [3.8, 4) is 33.4 Å². The van der Waals surface area contributed by atoms with Gasteiger partial charge in [-0.3, -0.25) is 0 Å². The van der Waals surface area contributed by atoms with E-state index in [0.717, 1.165) is 0 Å². The second-order valence-corrected chi connectivity index (χ2v) is 12.2. The molecule has 0 spiro atoms. The highest BCUT2D eigenvalue weighted by Gasteiger charge is 2.36. The Morgan fingerprint density at radius 2 is 0.905 bits per heavy atom. The molecule has 0 radical (unpaired) electrons. The number of hydrogen-bond acceptors (Lipinski definition) is 1. The monoisotopic (exact) mass is 535 g/mol. The quantitative estimate of drug-likeness (QED) is 0.213. The van der Waals surface area contributed by atoms with E-state index in [0.29, 0.717) is 0 Å². The van der Waals surface area contributed by atoms with Crippen LogP contribution in [0.2, 0.25) is 0 Å². The third-order valence-corrected chi connectivity index (χ3v) is 9.52. The number of hydrogen-bond donors (Lipinski definition) is 0. The van der Waals surface area contributed by atoms with Crippen molar-refractivity contribution >= 4 is 38.6 Å². The predicted octanol–water partition coefficient (Wildman–Crippen LogP) is 11.4. The molecule has 1 nitrogen and oxygen atoms in total. The number of anilines is 3. The van der Waals surface area contributed by atoms with Crippen LogP contribution in [0.1, 0.15) is 25.0 Å². The van der Waals surface area contributed by atoms with E-state index in [2.05, 4.69) is 158 Å². The highest BCUT2D eigenvalue weighted by molar-refractivity contribution is 6.12. The molecule has 1 heteroatoms. The summed E-state index contributed by atoms with van der Waals surface area (Å²) in [5.74, 6) is 0. The van der Waals surface area contributed by atoms with E-state index in [4.69, 9.17) is 0 Å². The van der Waals surface area contributed by atoms with Crippen molar-refractivity contribution in [2.45, 2.75) is 19.3 Å². The van der Waals surface area contributed by atoms with Crippen LogP contribution in [0.15, 0.2) is 140 Å². The summed E-state index contributed by atoms with van der Waals surface area (Å²) in [5.41, 5.74) is 14.3. The first kappa shape index (κ1) is 23.6. The van der Waals surface area contributed by atoms with Gasteiger partial charge in [-0.15, -0.1) is 0 Å². The molecule has 0 N–H and O–H groups in total. The highest BCUT2D eigenvalue weighted by atomic mass is 15.2. The zero-order valence-electron chi connectivity index (χ0n) is 23.7. The van der Waals surface area contributed by atoms with E-state index in [1.165, 1.54) is 83.1 Å². The van der Waals surface area contributed by atoms with Gasteiger partial charge in [-0.2, -0.15) is 0 Å². The molecule has 0 bridgehead atoms. The van der Waals surface area contributed by atoms with Crippen LogP contribution in [0.25, 0.3) is 54.9 Å². The standard InChI is InChI=1S/C41H29N/c1-41(2)37-12-6-8-14-39(37)42(40-15-9-7-13-38(40)41)32-19-18-29-23-34-33-22-28-17-16-27(26-10-4-3-5-11-26)20-30(28)24-35(33)36(34)25-31(29)21-32/h3-25H,1-2H3. The summed E-state index contributed by atoms with van der Waals surface area (Å²) >= 11 is 0. The second-order valence-electron chi connectivity index (χ2n) is 12.2.